The molecule has 1 heterocycles. The Balaban J connectivity index is 2.15. The van der Waals surface area contributed by atoms with E-state index in [2.05, 4.69) is 34.3 Å². The zero-order valence-electron chi connectivity index (χ0n) is 11.2. The number of halogens is 1. The lowest BCUT2D eigenvalue weighted by atomic mass is 10.1. The van der Waals surface area contributed by atoms with Gasteiger partial charge in [0.15, 0.2) is 0 Å². The lowest BCUT2D eigenvalue weighted by molar-refractivity contribution is 0.0786. The molecule has 0 saturated heterocycles. The van der Waals surface area contributed by atoms with Gasteiger partial charge in [-0.1, -0.05) is 15.9 Å². The minimum atomic E-state index is 0.0587. The van der Waals surface area contributed by atoms with Crippen LogP contribution in [-0.2, 0) is 6.54 Å². The van der Waals surface area contributed by atoms with Crippen molar-refractivity contribution in [2.45, 2.75) is 20.4 Å². The van der Waals surface area contributed by atoms with Gasteiger partial charge >= 0.3 is 0 Å². The molecule has 0 N–H and O–H groups in total. The first-order valence-corrected chi connectivity index (χ1v) is 7.71. The monoisotopic (exact) mass is 337 g/mol. The Labute approximate surface area is 126 Å². The van der Waals surface area contributed by atoms with E-state index in [9.17, 15) is 4.79 Å². The lowest BCUT2D eigenvalue weighted by Gasteiger charge is -2.17. The molecule has 100 valence electrons. The number of nitrogens with zero attached hydrogens (tertiary/aromatic N) is 1. The molecule has 2 nitrogen and oxygen atoms in total. The van der Waals surface area contributed by atoms with E-state index in [4.69, 9.17) is 0 Å². The van der Waals surface area contributed by atoms with Gasteiger partial charge in [0, 0.05) is 22.0 Å². The summed E-state index contributed by atoms with van der Waals surface area (Å²) >= 11 is 5.15. The molecule has 0 fully saturated rings. The van der Waals surface area contributed by atoms with Crippen molar-refractivity contribution in [2.24, 2.45) is 0 Å². The molecular formula is C15H16BrNOS. The fraction of sp³-hybridized carbons (Fsp3) is 0.267. The Hall–Kier alpha value is -1.13. The minimum absolute atomic E-state index is 0.0587. The second-order valence-electron chi connectivity index (χ2n) is 4.65. The summed E-state index contributed by atoms with van der Waals surface area (Å²) in [5, 5.41) is 2.06. The number of carbonyl (C=O) groups is 1. The van der Waals surface area contributed by atoms with Crippen molar-refractivity contribution < 1.29 is 4.79 Å². The molecule has 2 rings (SSSR count). The normalized spacial score (nSPS) is 10.5. The molecule has 0 aliphatic carbocycles. The van der Waals surface area contributed by atoms with Crippen LogP contribution in [0.4, 0.5) is 0 Å². The van der Waals surface area contributed by atoms with Crippen LogP contribution < -0.4 is 0 Å². The second-order valence-corrected chi connectivity index (χ2v) is 6.51. The molecule has 1 aromatic heterocycles. The summed E-state index contributed by atoms with van der Waals surface area (Å²) in [5.41, 5.74) is 3.06. The van der Waals surface area contributed by atoms with E-state index in [1.165, 1.54) is 10.4 Å². The number of benzene rings is 1. The topological polar surface area (TPSA) is 20.3 Å². The Morgan fingerprint density at radius 3 is 2.58 bits per heavy atom. The van der Waals surface area contributed by atoms with Crippen molar-refractivity contribution in [1.82, 2.24) is 4.90 Å². The number of rotatable bonds is 3. The molecule has 1 aromatic carbocycles. The summed E-state index contributed by atoms with van der Waals surface area (Å²) in [7, 11) is 1.85. The van der Waals surface area contributed by atoms with Crippen molar-refractivity contribution in [3.63, 3.8) is 0 Å². The van der Waals surface area contributed by atoms with Gasteiger partial charge in [-0.05, 0) is 54.6 Å². The molecule has 0 radical (unpaired) electrons. The van der Waals surface area contributed by atoms with Crippen LogP contribution in [0.1, 0.15) is 26.4 Å². The van der Waals surface area contributed by atoms with Crippen molar-refractivity contribution in [3.8, 4) is 0 Å². The number of hydrogen-bond acceptors (Lipinski definition) is 2. The van der Waals surface area contributed by atoms with Crippen LogP contribution in [0.3, 0.4) is 0 Å². The van der Waals surface area contributed by atoms with Crippen molar-refractivity contribution >= 4 is 33.2 Å². The zero-order chi connectivity index (χ0) is 14.0. The Morgan fingerprint density at radius 1 is 1.26 bits per heavy atom. The van der Waals surface area contributed by atoms with Crippen molar-refractivity contribution in [3.05, 3.63) is 55.7 Å². The summed E-state index contributed by atoms with van der Waals surface area (Å²) in [6.45, 7) is 4.73. The highest BCUT2D eigenvalue weighted by molar-refractivity contribution is 9.10. The van der Waals surface area contributed by atoms with E-state index < -0.39 is 0 Å². The van der Waals surface area contributed by atoms with E-state index in [1.807, 2.05) is 32.2 Å². The van der Waals surface area contributed by atoms with Crippen LogP contribution in [0.25, 0.3) is 0 Å². The third-order valence-corrected chi connectivity index (χ3v) is 5.00. The second kappa shape index (κ2) is 5.88. The SMILES string of the molecule is Cc1cc(C(=O)N(C)Cc2sccc2C)ccc1Br. The molecule has 4 heteroatoms. The minimum Gasteiger partial charge on any atom is -0.337 e. The predicted octanol–water partition coefficient (Wildman–Crippen LogP) is 4.40. The molecule has 2 aromatic rings. The number of carbonyl (C=O) groups excluding carboxylic acids is 1. The number of amides is 1. The smallest absolute Gasteiger partial charge is 0.253 e. The van der Waals surface area contributed by atoms with Crippen molar-refractivity contribution in [2.75, 3.05) is 7.05 Å². The third kappa shape index (κ3) is 3.25. The Kier molecular flexibility index (Phi) is 4.42. The fourth-order valence-electron chi connectivity index (χ4n) is 1.85. The lowest BCUT2D eigenvalue weighted by Crippen LogP contribution is -2.26. The van der Waals surface area contributed by atoms with Crippen LogP contribution in [0.5, 0.6) is 0 Å². The van der Waals surface area contributed by atoms with E-state index in [0.29, 0.717) is 6.54 Å². The van der Waals surface area contributed by atoms with Gasteiger partial charge in [0.25, 0.3) is 5.91 Å². The van der Waals surface area contributed by atoms with E-state index in [1.54, 1.807) is 16.2 Å². The number of aryl methyl sites for hydroxylation is 2. The average Bonchev–Trinajstić information content (AvgIpc) is 2.77. The van der Waals surface area contributed by atoms with Gasteiger partial charge in [-0.15, -0.1) is 11.3 Å². The molecular weight excluding hydrogens is 322 g/mol. The quantitative estimate of drug-likeness (QED) is 0.812. The average molecular weight is 338 g/mol. The van der Waals surface area contributed by atoms with Crippen LogP contribution in [0, 0.1) is 13.8 Å². The maximum Gasteiger partial charge on any atom is 0.253 e. The highest BCUT2D eigenvalue weighted by atomic mass is 79.9. The molecule has 0 aliphatic rings. The van der Waals surface area contributed by atoms with Crippen LogP contribution in [-0.4, -0.2) is 17.9 Å². The standard InChI is InChI=1S/C15H16BrNOS/c1-10-6-7-19-14(10)9-17(3)15(18)12-4-5-13(16)11(2)8-12/h4-8H,9H2,1-3H3. The zero-order valence-corrected chi connectivity index (χ0v) is 13.6. The van der Waals surface area contributed by atoms with Crippen LogP contribution >= 0.6 is 27.3 Å². The van der Waals surface area contributed by atoms with Crippen molar-refractivity contribution in [1.29, 1.82) is 0 Å². The predicted molar refractivity (Wildman–Crippen MR) is 83.7 cm³/mol. The molecule has 0 aliphatic heterocycles. The van der Waals surface area contributed by atoms with Gasteiger partial charge in [-0.25, -0.2) is 0 Å². The maximum atomic E-state index is 12.4. The van der Waals surface area contributed by atoms with Crippen LogP contribution in [0.15, 0.2) is 34.1 Å². The van der Waals surface area contributed by atoms with E-state index >= 15 is 0 Å². The van der Waals surface area contributed by atoms with Gasteiger partial charge in [0.2, 0.25) is 0 Å². The molecule has 1 amide bonds. The molecule has 0 spiro atoms. The summed E-state index contributed by atoms with van der Waals surface area (Å²) in [4.78, 5) is 15.4. The first-order chi connectivity index (χ1) is 8.99. The van der Waals surface area contributed by atoms with Gasteiger partial charge in [0.1, 0.15) is 0 Å². The van der Waals surface area contributed by atoms with Gasteiger partial charge in [-0.2, -0.15) is 0 Å². The third-order valence-electron chi connectivity index (χ3n) is 3.10. The fourth-order valence-corrected chi connectivity index (χ4v) is 3.06. The summed E-state index contributed by atoms with van der Waals surface area (Å²) < 4.78 is 1.03. The van der Waals surface area contributed by atoms with Gasteiger partial charge in [0.05, 0.1) is 6.54 Å². The first-order valence-electron chi connectivity index (χ1n) is 6.03. The van der Waals surface area contributed by atoms with Gasteiger partial charge < -0.3 is 4.90 Å². The maximum absolute atomic E-state index is 12.4. The molecule has 19 heavy (non-hydrogen) atoms. The molecule has 0 atom stereocenters. The number of hydrogen-bond donors (Lipinski definition) is 0. The Morgan fingerprint density at radius 2 is 2.00 bits per heavy atom. The molecule has 0 bridgehead atoms. The first kappa shape index (κ1) is 14.3. The largest absolute Gasteiger partial charge is 0.337 e. The van der Waals surface area contributed by atoms with Gasteiger partial charge in [-0.3, -0.25) is 4.79 Å². The number of thiophene rings is 1. The molecule has 0 saturated carbocycles. The summed E-state index contributed by atoms with van der Waals surface area (Å²) in [6.07, 6.45) is 0. The van der Waals surface area contributed by atoms with E-state index in [0.717, 1.165) is 15.6 Å². The highest BCUT2D eigenvalue weighted by Gasteiger charge is 2.14. The van der Waals surface area contributed by atoms with Crippen LogP contribution in [0.2, 0.25) is 0 Å². The highest BCUT2D eigenvalue weighted by Crippen LogP contribution is 2.20. The Bertz CT molecular complexity index is 606. The van der Waals surface area contributed by atoms with E-state index in [-0.39, 0.29) is 5.91 Å². The molecule has 0 unspecified atom stereocenters. The summed E-state index contributed by atoms with van der Waals surface area (Å²) in [6, 6.07) is 7.79. The summed E-state index contributed by atoms with van der Waals surface area (Å²) in [5.74, 6) is 0.0587.